The Bertz CT molecular complexity index is 837. The third kappa shape index (κ3) is 4.90. The number of nitrogens with one attached hydrogen (secondary N) is 1. The molecule has 0 unspecified atom stereocenters. The molecule has 2 aromatic rings. The van der Waals surface area contributed by atoms with Crippen LogP contribution < -0.4 is 14.8 Å². The first-order valence-electron chi connectivity index (χ1n) is 8.16. The highest BCUT2D eigenvalue weighted by atomic mass is 35.5. The zero-order valence-electron chi connectivity index (χ0n) is 14.6. The second kappa shape index (κ2) is 8.75. The van der Waals surface area contributed by atoms with Crippen molar-refractivity contribution in [2.45, 2.75) is 13.2 Å². The predicted molar refractivity (Wildman–Crippen MR) is 96.9 cm³/mol. The van der Waals surface area contributed by atoms with E-state index in [1.807, 2.05) is 0 Å². The lowest BCUT2D eigenvalue weighted by molar-refractivity contribution is -0.143. The number of rotatable bonds is 6. The molecule has 7 nitrogen and oxygen atoms in total. The number of esters is 1. The van der Waals surface area contributed by atoms with Crippen molar-refractivity contribution >= 4 is 23.5 Å². The van der Waals surface area contributed by atoms with Gasteiger partial charge in [0, 0.05) is 21.7 Å². The van der Waals surface area contributed by atoms with Crippen LogP contribution >= 0.6 is 11.6 Å². The minimum atomic E-state index is -0.572. The zero-order valence-corrected chi connectivity index (χ0v) is 15.4. The summed E-state index contributed by atoms with van der Waals surface area (Å²) in [5.74, 6) is 0.303. The van der Waals surface area contributed by atoms with Crippen molar-refractivity contribution in [1.29, 1.82) is 0 Å². The first-order chi connectivity index (χ1) is 13.1. The van der Waals surface area contributed by atoms with Gasteiger partial charge in [-0.3, -0.25) is 9.59 Å². The molecule has 1 amide bonds. The Morgan fingerprint density at radius 2 is 2.00 bits per heavy atom. The fourth-order valence-corrected chi connectivity index (χ4v) is 2.83. The highest BCUT2D eigenvalue weighted by Crippen LogP contribution is 2.32. The quantitative estimate of drug-likeness (QED) is 0.762. The fraction of sp³-hybridized carbons (Fsp3) is 0.263. The molecule has 0 bridgehead atoms. The molecule has 27 heavy (non-hydrogen) atoms. The number of fused-ring (bicyclic) bond motifs is 1. The standard InChI is InChI=1S/C19H18ClNO6/c1-24-16-4-2-12(3-5-16)19(23)21-8-17(22)26-10-14-7-15(20)6-13-9-25-11-27-18(13)14/h2-7H,8-11H2,1H3,(H,21,23). The minimum absolute atomic E-state index is 0.0138. The van der Waals surface area contributed by atoms with Crippen LogP contribution in [-0.2, 0) is 27.5 Å². The Morgan fingerprint density at radius 3 is 2.74 bits per heavy atom. The van der Waals surface area contributed by atoms with Crippen LogP contribution in [0.1, 0.15) is 21.5 Å². The summed E-state index contributed by atoms with van der Waals surface area (Å²) in [5, 5.41) is 3.02. The number of methoxy groups -OCH3 is 1. The van der Waals surface area contributed by atoms with E-state index in [0.717, 1.165) is 5.56 Å². The molecule has 142 valence electrons. The molecule has 0 atom stereocenters. The Balaban J connectivity index is 1.52. The first-order valence-corrected chi connectivity index (χ1v) is 8.54. The van der Waals surface area contributed by atoms with Crippen molar-refractivity contribution in [3.8, 4) is 11.5 Å². The molecule has 0 radical (unpaired) electrons. The Labute approximate surface area is 161 Å². The lowest BCUT2D eigenvalue weighted by Crippen LogP contribution is -2.30. The average molecular weight is 392 g/mol. The van der Waals surface area contributed by atoms with Gasteiger partial charge in [-0.05, 0) is 36.4 Å². The van der Waals surface area contributed by atoms with Gasteiger partial charge < -0.3 is 24.3 Å². The second-order valence-corrected chi connectivity index (χ2v) is 6.17. The van der Waals surface area contributed by atoms with Crippen molar-refractivity contribution in [3.05, 3.63) is 58.1 Å². The molecule has 2 aromatic carbocycles. The number of carbonyl (C=O) groups excluding carboxylic acids is 2. The molecule has 8 heteroatoms. The fourth-order valence-electron chi connectivity index (χ4n) is 2.57. The van der Waals surface area contributed by atoms with Gasteiger partial charge in [-0.2, -0.15) is 0 Å². The summed E-state index contributed by atoms with van der Waals surface area (Å²) in [7, 11) is 1.54. The van der Waals surface area contributed by atoms with Gasteiger partial charge in [-0.1, -0.05) is 11.6 Å². The van der Waals surface area contributed by atoms with Crippen LogP contribution in [0.15, 0.2) is 36.4 Å². The van der Waals surface area contributed by atoms with Gasteiger partial charge in [0.1, 0.15) is 24.7 Å². The number of ether oxygens (including phenoxy) is 4. The number of hydrogen-bond donors (Lipinski definition) is 1. The highest BCUT2D eigenvalue weighted by Gasteiger charge is 2.18. The Hall–Kier alpha value is -2.77. The van der Waals surface area contributed by atoms with Crippen LogP contribution in [0.3, 0.4) is 0 Å². The summed E-state index contributed by atoms with van der Waals surface area (Å²) in [4.78, 5) is 24.0. The number of halogens is 1. The van der Waals surface area contributed by atoms with Crippen LogP contribution in [0.4, 0.5) is 0 Å². The van der Waals surface area contributed by atoms with Crippen molar-refractivity contribution in [2.24, 2.45) is 0 Å². The summed E-state index contributed by atoms with van der Waals surface area (Å²) < 4.78 is 20.9. The number of hydrogen-bond acceptors (Lipinski definition) is 6. The van der Waals surface area contributed by atoms with Gasteiger partial charge in [0.05, 0.1) is 13.7 Å². The summed E-state index contributed by atoms with van der Waals surface area (Å²) >= 11 is 6.07. The van der Waals surface area contributed by atoms with Crippen molar-refractivity contribution < 1.29 is 28.5 Å². The second-order valence-electron chi connectivity index (χ2n) is 5.74. The van der Waals surface area contributed by atoms with Gasteiger partial charge in [-0.25, -0.2) is 0 Å². The molecule has 1 heterocycles. The maximum absolute atomic E-state index is 12.0. The van der Waals surface area contributed by atoms with Crippen molar-refractivity contribution in [2.75, 3.05) is 20.4 Å². The van der Waals surface area contributed by atoms with Crippen molar-refractivity contribution in [3.63, 3.8) is 0 Å². The minimum Gasteiger partial charge on any atom is -0.497 e. The lowest BCUT2D eigenvalue weighted by atomic mass is 10.1. The van der Waals surface area contributed by atoms with Crippen LogP contribution in [0.2, 0.25) is 5.02 Å². The van der Waals surface area contributed by atoms with Crippen molar-refractivity contribution in [1.82, 2.24) is 5.32 Å². The molecule has 0 fully saturated rings. The van der Waals surface area contributed by atoms with E-state index in [2.05, 4.69) is 5.32 Å². The molecule has 3 rings (SSSR count). The van der Waals surface area contributed by atoms with E-state index in [1.165, 1.54) is 0 Å². The van der Waals surface area contributed by atoms with Gasteiger partial charge in [-0.15, -0.1) is 0 Å². The summed E-state index contributed by atoms with van der Waals surface area (Å²) in [6.07, 6.45) is 0. The molecule has 0 saturated carbocycles. The third-order valence-corrected chi connectivity index (χ3v) is 4.10. The van der Waals surface area contributed by atoms with E-state index in [9.17, 15) is 9.59 Å². The zero-order chi connectivity index (χ0) is 19.2. The average Bonchev–Trinajstić information content (AvgIpc) is 2.70. The van der Waals surface area contributed by atoms with E-state index in [1.54, 1.807) is 43.5 Å². The summed E-state index contributed by atoms with van der Waals surface area (Å²) in [6, 6.07) is 9.97. The summed E-state index contributed by atoms with van der Waals surface area (Å²) in [5.41, 5.74) is 1.86. The van der Waals surface area contributed by atoms with Gasteiger partial charge in [0.2, 0.25) is 0 Å². The van der Waals surface area contributed by atoms with Gasteiger partial charge >= 0.3 is 5.97 Å². The molecule has 1 N–H and O–H groups in total. The first kappa shape index (κ1) is 19.0. The summed E-state index contributed by atoms with van der Waals surface area (Å²) in [6.45, 7) is 0.250. The molecule has 0 aromatic heterocycles. The van der Waals surface area contributed by atoms with Crippen LogP contribution in [-0.4, -0.2) is 32.3 Å². The van der Waals surface area contributed by atoms with Crippen LogP contribution in [0.25, 0.3) is 0 Å². The van der Waals surface area contributed by atoms with Gasteiger partial charge in [0.15, 0.2) is 6.79 Å². The smallest absolute Gasteiger partial charge is 0.325 e. The molecule has 1 aliphatic rings. The molecule has 1 aliphatic heterocycles. The lowest BCUT2D eigenvalue weighted by Gasteiger charge is -2.21. The van der Waals surface area contributed by atoms with Crippen LogP contribution in [0.5, 0.6) is 11.5 Å². The molecular formula is C19H18ClNO6. The monoisotopic (exact) mass is 391 g/mol. The number of carbonyl (C=O) groups is 2. The maximum Gasteiger partial charge on any atom is 0.325 e. The third-order valence-electron chi connectivity index (χ3n) is 3.89. The molecular weight excluding hydrogens is 374 g/mol. The predicted octanol–water partition coefficient (Wildman–Crippen LogP) is 2.69. The molecule has 0 aliphatic carbocycles. The highest BCUT2D eigenvalue weighted by molar-refractivity contribution is 6.30. The largest absolute Gasteiger partial charge is 0.497 e. The number of benzene rings is 2. The Morgan fingerprint density at radius 1 is 1.22 bits per heavy atom. The normalized spacial score (nSPS) is 12.5. The maximum atomic E-state index is 12.0. The van der Waals surface area contributed by atoms with Gasteiger partial charge in [0.25, 0.3) is 5.91 Å². The number of amides is 1. The Kier molecular flexibility index (Phi) is 6.16. The SMILES string of the molecule is COc1ccc(C(=O)NCC(=O)OCc2cc(Cl)cc3c2OCOC3)cc1. The van der Waals surface area contributed by atoms with E-state index >= 15 is 0 Å². The van der Waals surface area contributed by atoms with E-state index in [4.69, 9.17) is 30.5 Å². The van der Waals surface area contributed by atoms with E-state index in [-0.39, 0.29) is 25.9 Å². The molecule has 0 spiro atoms. The topological polar surface area (TPSA) is 83.1 Å². The molecule has 0 saturated heterocycles. The van der Waals surface area contributed by atoms with Crippen LogP contribution in [0, 0.1) is 0 Å². The van der Waals surface area contributed by atoms with E-state index in [0.29, 0.717) is 34.3 Å². The van der Waals surface area contributed by atoms with E-state index < -0.39 is 5.97 Å².